The summed E-state index contributed by atoms with van der Waals surface area (Å²) in [5.74, 6) is 0. The van der Waals surface area contributed by atoms with Crippen LogP contribution in [-0.4, -0.2) is 25.4 Å². The van der Waals surface area contributed by atoms with Crippen LogP contribution in [0.3, 0.4) is 0 Å². The Hall–Kier alpha value is -1.42. The molecule has 18 heavy (non-hydrogen) atoms. The van der Waals surface area contributed by atoms with Gasteiger partial charge in [-0.2, -0.15) is 5.26 Å². The molecule has 0 aliphatic rings. The second-order valence-corrected chi connectivity index (χ2v) is 5.73. The van der Waals surface area contributed by atoms with Gasteiger partial charge in [-0.15, -0.1) is 0 Å². The number of aliphatic hydroxyl groups excluding tert-OH is 1. The van der Waals surface area contributed by atoms with Crippen molar-refractivity contribution in [2.45, 2.75) is 24.6 Å². The third-order valence-electron chi connectivity index (χ3n) is 2.58. The SMILES string of the molecule is CCC(C#N)S(=O)(=O)NC(CO)c1ccccc1. The summed E-state index contributed by atoms with van der Waals surface area (Å²) in [6.07, 6.45) is 0.207. The maximum atomic E-state index is 11.9. The Morgan fingerprint density at radius 3 is 2.44 bits per heavy atom. The Balaban J connectivity index is 2.92. The Kier molecular flexibility index (Phi) is 5.28. The molecular weight excluding hydrogens is 252 g/mol. The highest BCUT2D eigenvalue weighted by Crippen LogP contribution is 2.15. The summed E-state index contributed by atoms with van der Waals surface area (Å²) in [6.45, 7) is 1.27. The highest BCUT2D eigenvalue weighted by Gasteiger charge is 2.26. The van der Waals surface area contributed by atoms with E-state index >= 15 is 0 Å². The molecule has 1 aromatic carbocycles. The van der Waals surface area contributed by atoms with Crippen LogP contribution in [0.5, 0.6) is 0 Å². The minimum absolute atomic E-state index is 0.207. The van der Waals surface area contributed by atoms with Gasteiger partial charge < -0.3 is 5.11 Å². The van der Waals surface area contributed by atoms with E-state index in [2.05, 4.69) is 4.72 Å². The molecule has 2 N–H and O–H groups in total. The normalized spacial score (nSPS) is 14.7. The summed E-state index contributed by atoms with van der Waals surface area (Å²) in [7, 11) is -3.75. The summed E-state index contributed by atoms with van der Waals surface area (Å²) in [6, 6.07) is 9.77. The van der Waals surface area contributed by atoms with Gasteiger partial charge in [-0.05, 0) is 12.0 Å². The summed E-state index contributed by atoms with van der Waals surface area (Å²) < 4.78 is 26.1. The molecule has 0 bridgehead atoms. The smallest absolute Gasteiger partial charge is 0.228 e. The topological polar surface area (TPSA) is 90.2 Å². The second kappa shape index (κ2) is 6.50. The van der Waals surface area contributed by atoms with Crippen molar-refractivity contribution in [3.8, 4) is 6.07 Å². The van der Waals surface area contributed by atoms with Gasteiger partial charge in [-0.1, -0.05) is 37.3 Å². The third kappa shape index (κ3) is 3.53. The maximum absolute atomic E-state index is 11.9. The quantitative estimate of drug-likeness (QED) is 0.803. The van der Waals surface area contributed by atoms with E-state index in [0.717, 1.165) is 0 Å². The fourth-order valence-corrected chi connectivity index (χ4v) is 2.91. The number of sulfonamides is 1. The van der Waals surface area contributed by atoms with Gasteiger partial charge in [0, 0.05) is 0 Å². The van der Waals surface area contributed by atoms with Gasteiger partial charge in [-0.25, -0.2) is 13.1 Å². The first-order valence-electron chi connectivity index (χ1n) is 5.61. The molecule has 5 nitrogen and oxygen atoms in total. The lowest BCUT2D eigenvalue weighted by atomic mass is 10.1. The predicted molar refractivity (Wildman–Crippen MR) is 68.0 cm³/mol. The van der Waals surface area contributed by atoms with Crippen LogP contribution < -0.4 is 4.72 Å². The molecule has 0 fully saturated rings. The van der Waals surface area contributed by atoms with E-state index in [9.17, 15) is 13.5 Å². The van der Waals surface area contributed by atoms with Crippen molar-refractivity contribution in [1.82, 2.24) is 4.72 Å². The van der Waals surface area contributed by atoms with Crippen LogP contribution in [0.15, 0.2) is 30.3 Å². The Bertz CT molecular complexity index is 508. The van der Waals surface area contributed by atoms with Gasteiger partial charge in [0.15, 0.2) is 5.25 Å². The molecule has 0 amide bonds. The number of rotatable bonds is 6. The van der Waals surface area contributed by atoms with Crippen LogP contribution in [0.25, 0.3) is 0 Å². The molecule has 1 aromatic rings. The minimum atomic E-state index is -3.75. The molecule has 0 heterocycles. The van der Waals surface area contributed by atoms with Crippen molar-refractivity contribution in [1.29, 1.82) is 5.26 Å². The monoisotopic (exact) mass is 268 g/mol. The van der Waals surface area contributed by atoms with Gasteiger partial charge in [0.1, 0.15) is 0 Å². The number of hydrogen-bond donors (Lipinski definition) is 2. The third-order valence-corrected chi connectivity index (χ3v) is 4.38. The molecule has 0 aromatic heterocycles. The molecule has 0 aliphatic carbocycles. The fraction of sp³-hybridized carbons (Fsp3) is 0.417. The maximum Gasteiger partial charge on any atom is 0.228 e. The molecule has 2 atom stereocenters. The summed E-state index contributed by atoms with van der Waals surface area (Å²) in [5, 5.41) is 16.9. The largest absolute Gasteiger partial charge is 0.394 e. The summed E-state index contributed by atoms with van der Waals surface area (Å²) >= 11 is 0. The van der Waals surface area contributed by atoms with E-state index in [1.54, 1.807) is 43.3 Å². The zero-order valence-electron chi connectivity index (χ0n) is 10.1. The van der Waals surface area contributed by atoms with E-state index < -0.39 is 21.3 Å². The first-order chi connectivity index (χ1) is 8.55. The number of nitriles is 1. The molecule has 98 valence electrons. The fourth-order valence-electron chi connectivity index (χ4n) is 1.56. The molecule has 1 rings (SSSR count). The molecular formula is C12H16N2O3S. The lowest BCUT2D eigenvalue weighted by molar-refractivity contribution is 0.258. The predicted octanol–water partition coefficient (Wildman–Crippen LogP) is 0.942. The average Bonchev–Trinajstić information content (AvgIpc) is 2.38. The molecule has 2 unspecified atom stereocenters. The minimum Gasteiger partial charge on any atom is -0.394 e. The lowest BCUT2D eigenvalue weighted by Crippen LogP contribution is -2.37. The Labute approximate surface area is 107 Å². The van der Waals surface area contributed by atoms with Gasteiger partial charge >= 0.3 is 0 Å². The van der Waals surface area contributed by atoms with E-state index in [0.29, 0.717) is 5.56 Å². The number of benzene rings is 1. The highest BCUT2D eigenvalue weighted by molar-refractivity contribution is 7.90. The van der Waals surface area contributed by atoms with Crippen molar-refractivity contribution in [2.24, 2.45) is 0 Å². The zero-order valence-corrected chi connectivity index (χ0v) is 10.9. The van der Waals surface area contributed by atoms with E-state index in [-0.39, 0.29) is 13.0 Å². The van der Waals surface area contributed by atoms with Gasteiger partial charge in [-0.3, -0.25) is 0 Å². The number of nitrogens with zero attached hydrogens (tertiary/aromatic N) is 1. The van der Waals surface area contributed by atoms with Crippen molar-refractivity contribution < 1.29 is 13.5 Å². The van der Waals surface area contributed by atoms with Crippen molar-refractivity contribution >= 4 is 10.0 Å². The van der Waals surface area contributed by atoms with Crippen LogP contribution in [0.2, 0.25) is 0 Å². The molecule has 0 aliphatic heterocycles. The molecule has 0 radical (unpaired) electrons. The van der Waals surface area contributed by atoms with Gasteiger partial charge in [0.25, 0.3) is 0 Å². The zero-order chi connectivity index (χ0) is 13.6. The van der Waals surface area contributed by atoms with Gasteiger partial charge in [0.2, 0.25) is 10.0 Å². The average molecular weight is 268 g/mol. The summed E-state index contributed by atoms with van der Waals surface area (Å²) in [4.78, 5) is 0. The van der Waals surface area contributed by atoms with Gasteiger partial charge in [0.05, 0.1) is 18.7 Å². The van der Waals surface area contributed by atoms with E-state index in [1.165, 1.54) is 0 Å². The first kappa shape index (κ1) is 14.6. The number of aliphatic hydroxyl groups is 1. The van der Waals surface area contributed by atoms with Crippen molar-refractivity contribution in [3.05, 3.63) is 35.9 Å². The standard InChI is InChI=1S/C12H16N2O3S/c1-2-11(8-13)18(16,17)14-12(9-15)10-6-4-3-5-7-10/h3-7,11-12,14-15H,2,9H2,1H3. The molecule has 6 heteroatoms. The van der Waals surface area contributed by atoms with Crippen LogP contribution in [0, 0.1) is 11.3 Å². The summed E-state index contributed by atoms with van der Waals surface area (Å²) in [5.41, 5.74) is 0.663. The molecule has 0 spiro atoms. The molecule has 0 saturated heterocycles. The van der Waals surface area contributed by atoms with Crippen LogP contribution in [0.1, 0.15) is 24.9 Å². The highest BCUT2D eigenvalue weighted by atomic mass is 32.2. The Morgan fingerprint density at radius 1 is 1.39 bits per heavy atom. The van der Waals surface area contributed by atoms with E-state index in [4.69, 9.17) is 5.26 Å². The Morgan fingerprint density at radius 2 is 2.00 bits per heavy atom. The number of hydrogen-bond acceptors (Lipinski definition) is 4. The molecule has 0 saturated carbocycles. The van der Waals surface area contributed by atoms with E-state index in [1.807, 2.05) is 0 Å². The van der Waals surface area contributed by atoms with Crippen molar-refractivity contribution in [2.75, 3.05) is 6.61 Å². The number of nitrogens with one attached hydrogen (secondary N) is 1. The van der Waals surface area contributed by atoms with Crippen molar-refractivity contribution in [3.63, 3.8) is 0 Å². The first-order valence-corrected chi connectivity index (χ1v) is 7.16. The second-order valence-electron chi connectivity index (χ2n) is 3.83. The van der Waals surface area contributed by atoms with Crippen LogP contribution in [0.4, 0.5) is 0 Å². The van der Waals surface area contributed by atoms with Crippen LogP contribution in [-0.2, 0) is 10.0 Å². The lowest BCUT2D eigenvalue weighted by Gasteiger charge is -2.18. The van der Waals surface area contributed by atoms with Crippen LogP contribution >= 0.6 is 0 Å².